The van der Waals surface area contributed by atoms with Gasteiger partial charge in [-0.25, -0.2) is 9.67 Å². The fourth-order valence-corrected chi connectivity index (χ4v) is 4.80. The van der Waals surface area contributed by atoms with E-state index in [-0.39, 0.29) is 5.92 Å². The molecule has 8 heteroatoms. The number of nitriles is 1. The van der Waals surface area contributed by atoms with Crippen molar-refractivity contribution in [3.05, 3.63) is 59.8 Å². The molecule has 0 aromatic carbocycles. The Kier molecular flexibility index (Phi) is 6.69. The fraction of sp³-hybridized carbons (Fsp3) is 0.385. The molecule has 4 rings (SSSR count). The minimum Gasteiger partial charge on any atom is -0.360 e. The summed E-state index contributed by atoms with van der Waals surface area (Å²) in [6.07, 6.45) is 3.57. The fourth-order valence-electron chi connectivity index (χ4n) is 4.04. The Labute approximate surface area is 202 Å². The molecule has 0 fully saturated rings. The number of ether oxygens (including phenoxy) is 1. The molecule has 0 saturated heterocycles. The van der Waals surface area contributed by atoms with Gasteiger partial charge >= 0.3 is 0 Å². The van der Waals surface area contributed by atoms with Crippen LogP contribution in [0.5, 0.6) is 0 Å². The third-order valence-corrected chi connectivity index (χ3v) is 7.49. The third-order valence-electron chi connectivity index (χ3n) is 5.79. The van der Waals surface area contributed by atoms with Gasteiger partial charge in [0.25, 0.3) is 0 Å². The number of rotatable bonds is 8. The van der Waals surface area contributed by atoms with Gasteiger partial charge in [-0.05, 0) is 43.2 Å². The topological polar surface area (TPSA) is 81.0 Å². The summed E-state index contributed by atoms with van der Waals surface area (Å²) in [5, 5.41) is 14.5. The zero-order valence-corrected chi connectivity index (χ0v) is 21.8. The normalized spacial score (nSPS) is 11.9. The summed E-state index contributed by atoms with van der Waals surface area (Å²) < 4.78 is 9.91. The van der Waals surface area contributed by atoms with Gasteiger partial charge in [0.1, 0.15) is 29.8 Å². The van der Waals surface area contributed by atoms with Crippen LogP contribution in [0.25, 0.3) is 28.2 Å². The lowest BCUT2D eigenvalue weighted by Gasteiger charge is -2.17. The summed E-state index contributed by atoms with van der Waals surface area (Å²) in [5.74, 6) is 0.204. The zero-order chi connectivity index (χ0) is 24.5. The first-order chi connectivity index (χ1) is 16.2. The Morgan fingerprint density at radius 2 is 1.94 bits per heavy atom. The van der Waals surface area contributed by atoms with Crippen LogP contribution in [-0.4, -0.2) is 38.8 Å². The molecule has 0 unspecified atom stereocenters. The third kappa shape index (κ3) is 4.96. The van der Waals surface area contributed by atoms with Crippen molar-refractivity contribution >= 4 is 13.7 Å². The number of imidazole rings is 1. The minimum atomic E-state index is -1.18. The maximum atomic E-state index is 9.52. The van der Waals surface area contributed by atoms with E-state index < -0.39 is 8.07 Å². The van der Waals surface area contributed by atoms with Gasteiger partial charge in [0.2, 0.25) is 0 Å². The molecule has 0 saturated carbocycles. The van der Waals surface area contributed by atoms with Gasteiger partial charge in [-0.2, -0.15) is 10.4 Å². The summed E-state index contributed by atoms with van der Waals surface area (Å²) in [7, 11) is -1.18. The highest BCUT2D eigenvalue weighted by atomic mass is 28.3. The number of nitrogens with zero attached hydrogens (tertiary/aromatic N) is 6. The molecule has 0 atom stereocenters. The van der Waals surface area contributed by atoms with Crippen molar-refractivity contribution in [2.24, 2.45) is 0 Å². The van der Waals surface area contributed by atoms with Crippen molar-refractivity contribution in [1.82, 2.24) is 24.1 Å². The number of hydrogen-bond donors (Lipinski definition) is 0. The molecule has 0 N–H and O–H groups in total. The predicted octanol–water partition coefficient (Wildman–Crippen LogP) is 5.88. The van der Waals surface area contributed by atoms with E-state index in [4.69, 9.17) is 14.8 Å². The van der Waals surface area contributed by atoms with E-state index in [0.29, 0.717) is 12.4 Å². The number of pyridine rings is 2. The van der Waals surface area contributed by atoms with E-state index in [2.05, 4.69) is 44.5 Å². The maximum absolute atomic E-state index is 9.52. The SMILES string of the molecule is Cc1cccc(-c2nn(COCC[Si](C)(C)C)c(C(C)C)c2-c2ccc3ncc(C#N)n3c2)n1. The second kappa shape index (κ2) is 9.53. The monoisotopic (exact) mass is 472 g/mol. The van der Waals surface area contributed by atoms with Crippen molar-refractivity contribution in [2.45, 2.75) is 59.1 Å². The summed E-state index contributed by atoms with van der Waals surface area (Å²) in [4.78, 5) is 9.12. The van der Waals surface area contributed by atoms with Gasteiger partial charge < -0.3 is 4.74 Å². The molecule has 34 heavy (non-hydrogen) atoms. The molecule has 0 aliphatic rings. The van der Waals surface area contributed by atoms with Crippen LogP contribution in [0.4, 0.5) is 0 Å². The Morgan fingerprint density at radius 1 is 1.15 bits per heavy atom. The van der Waals surface area contributed by atoms with Gasteiger partial charge in [-0.15, -0.1) is 0 Å². The summed E-state index contributed by atoms with van der Waals surface area (Å²) >= 11 is 0. The molecule has 0 aliphatic heterocycles. The molecule has 0 bridgehead atoms. The van der Waals surface area contributed by atoms with Crippen molar-refractivity contribution in [3.63, 3.8) is 0 Å². The molecule has 7 nitrogen and oxygen atoms in total. The van der Waals surface area contributed by atoms with Crippen LogP contribution >= 0.6 is 0 Å². The van der Waals surface area contributed by atoms with Gasteiger partial charge in [0.05, 0.1) is 17.6 Å². The van der Waals surface area contributed by atoms with Crippen molar-refractivity contribution in [1.29, 1.82) is 5.26 Å². The van der Waals surface area contributed by atoms with Gasteiger partial charge in [0.15, 0.2) is 0 Å². The highest BCUT2D eigenvalue weighted by Crippen LogP contribution is 2.37. The molecule has 4 heterocycles. The molecule has 176 valence electrons. The van der Waals surface area contributed by atoms with E-state index in [1.807, 2.05) is 52.5 Å². The highest BCUT2D eigenvalue weighted by molar-refractivity contribution is 6.76. The van der Waals surface area contributed by atoms with Crippen LogP contribution in [0.3, 0.4) is 0 Å². The summed E-state index contributed by atoms with van der Waals surface area (Å²) in [6.45, 7) is 14.5. The molecule has 0 spiro atoms. The Bertz CT molecular complexity index is 1360. The number of fused-ring (bicyclic) bond motifs is 1. The number of hydrogen-bond acceptors (Lipinski definition) is 5. The lowest BCUT2D eigenvalue weighted by atomic mass is 9.97. The van der Waals surface area contributed by atoms with E-state index in [0.717, 1.165) is 52.2 Å². The van der Waals surface area contributed by atoms with Crippen LogP contribution in [0, 0.1) is 18.3 Å². The highest BCUT2D eigenvalue weighted by Gasteiger charge is 2.24. The molecule has 0 radical (unpaired) electrons. The number of aromatic nitrogens is 5. The van der Waals surface area contributed by atoms with E-state index in [1.54, 1.807) is 6.20 Å². The Hall–Kier alpha value is -3.28. The van der Waals surface area contributed by atoms with E-state index in [1.165, 1.54) is 0 Å². The summed E-state index contributed by atoms with van der Waals surface area (Å²) in [6, 6.07) is 13.3. The quantitative estimate of drug-likeness (QED) is 0.236. The van der Waals surface area contributed by atoms with E-state index in [9.17, 15) is 5.26 Å². The molecular weight excluding hydrogens is 440 g/mol. The van der Waals surface area contributed by atoms with Crippen LogP contribution < -0.4 is 0 Å². The average molecular weight is 473 g/mol. The van der Waals surface area contributed by atoms with Crippen LogP contribution in [-0.2, 0) is 11.5 Å². The Morgan fingerprint density at radius 3 is 2.62 bits per heavy atom. The lowest BCUT2D eigenvalue weighted by Crippen LogP contribution is -2.22. The van der Waals surface area contributed by atoms with E-state index >= 15 is 0 Å². The van der Waals surface area contributed by atoms with Gasteiger partial charge in [-0.1, -0.05) is 39.6 Å². The van der Waals surface area contributed by atoms with Crippen molar-refractivity contribution in [3.8, 4) is 28.6 Å². The van der Waals surface area contributed by atoms with Crippen LogP contribution in [0.2, 0.25) is 25.7 Å². The first-order valence-electron chi connectivity index (χ1n) is 11.7. The standard InChI is InChI=1S/C26H32N6OSi/c1-18(2)26-24(20-10-11-23-28-15-21(14-27)31(23)16-20)25(22-9-7-8-19(3)29-22)30-32(26)17-33-12-13-34(4,5)6/h7-11,15-16,18H,12-13,17H2,1-6H3. The van der Waals surface area contributed by atoms with Crippen LogP contribution in [0.15, 0.2) is 42.7 Å². The number of aryl methyl sites for hydroxylation is 1. The molecule has 0 amide bonds. The molecule has 4 aromatic rings. The van der Waals surface area contributed by atoms with Gasteiger partial charge in [0, 0.05) is 37.7 Å². The maximum Gasteiger partial charge on any atom is 0.144 e. The Balaban J connectivity index is 1.86. The smallest absolute Gasteiger partial charge is 0.144 e. The average Bonchev–Trinajstić information content (AvgIpc) is 3.37. The van der Waals surface area contributed by atoms with Crippen LogP contribution in [0.1, 0.15) is 36.8 Å². The first-order valence-corrected chi connectivity index (χ1v) is 15.4. The van der Waals surface area contributed by atoms with Crippen molar-refractivity contribution < 1.29 is 4.74 Å². The van der Waals surface area contributed by atoms with Gasteiger partial charge in [-0.3, -0.25) is 9.38 Å². The first kappa shape index (κ1) is 23.9. The minimum absolute atomic E-state index is 0.204. The second-order valence-electron chi connectivity index (χ2n) is 10.2. The summed E-state index contributed by atoms with van der Waals surface area (Å²) in [5.41, 5.74) is 6.89. The zero-order valence-electron chi connectivity index (χ0n) is 20.8. The molecule has 4 aromatic heterocycles. The second-order valence-corrected chi connectivity index (χ2v) is 15.8. The lowest BCUT2D eigenvalue weighted by molar-refractivity contribution is 0.0761. The predicted molar refractivity (Wildman–Crippen MR) is 137 cm³/mol. The molecule has 0 aliphatic carbocycles. The van der Waals surface area contributed by atoms with Crippen molar-refractivity contribution in [2.75, 3.05) is 6.61 Å². The molecular formula is C26H32N6OSi. The largest absolute Gasteiger partial charge is 0.360 e.